The number of aromatic nitrogens is 2. The van der Waals surface area contributed by atoms with E-state index >= 15 is 0 Å². The summed E-state index contributed by atoms with van der Waals surface area (Å²) in [7, 11) is 0. The fourth-order valence-electron chi connectivity index (χ4n) is 5.93. The minimum atomic E-state index is -1.07. The largest absolute Gasteiger partial charge is 0.507 e. The molecule has 0 radical (unpaired) electrons. The van der Waals surface area contributed by atoms with Crippen molar-refractivity contribution in [2.75, 3.05) is 5.73 Å². The third-order valence-electron chi connectivity index (χ3n) is 7.71. The Morgan fingerprint density at radius 1 is 1.05 bits per heavy atom. The van der Waals surface area contributed by atoms with Crippen LogP contribution in [0.25, 0.3) is 16.5 Å². The molecule has 1 aromatic heterocycles. The predicted molar refractivity (Wildman–Crippen MR) is 151 cm³/mol. The molecule has 0 spiro atoms. The third-order valence-corrected chi connectivity index (χ3v) is 7.71. The maximum absolute atomic E-state index is 14.1. The Morgan fingerprint density at radius 2 is 1.72 bits per heavy atom. The summed E-state index contributed by atoms with van der Waals surface area (Å²) in [5, 5.41) is 12.7. The lowest BCUT2D eigenvalue weighted by atomic mass is 9.78. The Bertz CT molecular complexity index is 1790. The number of rotatable bonds is 5. The number of phenolic OH excluding ortho intramolecular Hbond substituents is 1. The van der Waals surface area contributed by atoms with Crippen LogP contribution in [0.1, 0.15) is 65.7 Å². The van der Waals surface area contributed by atoms with Crippen molar-refractivity contribution < 1.29 is 14.6 Å². The lowest BCUT2D eigenvalue weighted by Crippen LogP contribution is -2.45. The van der Waals surface area contributed by atoms with E-state index in [-0.39, 0.29) is 35.0 Å². The minimum absolute atomic E-state index is 0.0247. The first-order valence-corrected chi connectivity index (χ1v) is 12.9. The molecule has 2 heterocycles. The summed E-state index contributed by atoms with van der Waals surface area (Å²) in [4.78, 5) is 40.4. The number of nitrogens with zero attached hydrogens (tertiary/aromatic N) is 2. The van der Waals surface area contributed by atoms with E-state index in [1.807, 2.05) is 43.3 Å². The number of ether oxygens (including phenoxy) is 1. The van der Waals surface area contributed by atoms with Gasteiger partial charge in [0.05, 0.1) is 22.7 Å². The Labute approximate surface area is 225 Å². The number of amides is 1. The number of nitrogens with two attached hydrogens (primary N) is 2. The van der Waals surface area contributed by atoms with E-state index < -0.39 is 28.7 Å². The summed E-state index contributed by atoms with van der Waals surface area (Å²) < 4.78 is 8.89. The van der Waals surface area contributed by atoms with Crippen LogP contribution < -0.4 is 27.5 Å². The Morgan fingerprint density at radius 3 is 2.38 bits per heavy atom. The first-order valence-electron chi connectivity index (χ1n) is 12.9. The second kappa shape index (κ2) is 9.04. The standard InChI is InChI=1S/C30H32N4O5/c1-6-14-33-28(37)22(26(31)34(29(33)38)19-13-9-11-17-10-7-8-12-18(17)19)23-20-15(2)24(35)16(3)21(27(32)36)25(20)39-30(23,4)5/h7-13,23,35H,6,14,31H2,1-5H3,(H2,32,36). The van der Waals surface area contributed by atoms with E-state index in [0.717, 1.165) is 10.8 Å². The number of phenols is 1. The van der Waals surface area contributed by atoms with Crippen LogP contribution in [0.15, 0.2) is 52.1 Å². The molecule has 0 bridgehead atoms. The van der Waals surface area contributed by atoms with Crippen molar-refractivity contribution in [3.8, 4) is 17.2 Å². The molecule has 0 saturated heterocycles. The van der Waals surface area contributed by atoms with Crippen molar-refractivity contribution in [1.82, 2.24) is 9.13 Å². The molecule has 202 valence electrons. The molecule has 1 aliphatic heterocycles. The van der Waals surface area contributed by atoms with Crippen LogP contribution in [-0.2, 0) is 6.54 Å². The van der Waals surface area contributed by atoms with Crippen molar-refractivity contribution >= 4 is 22.5 Å². The van der Waals surface area contributed by atoms with Gasteiger partial charge in [0.15, 0.2) is 0 Å². The Balaban J connectivity index is 1.94. The molecule has 1 unspecified atom stereocenters. The molecule has 0 aliphatic carbocycles. The van der Waals surface area contributed by atoms with Gasteiger partial charge in [-0.05, 0) is 51.1 Å². The smallest absolute Gasteiger partial charge is 0.337 e. The normalized spacial score (nSPS) is 15.8. The third kappa shape index (κ3) is 3.71. The number of fused-ring (bicyclic) bond motifs is 2. The molecule has 9 nitrogen and oxygen atoms in total. The molecular weight excluding hydrogens is 496 g/mol. The van der Waals surface area contributed by atoms with Crippen LogP contribution in [0.2, 0.25) is 0 Å². The zero-order valence-corrected chi connectivity index (χ0v) is 22.7. The van der Waals surface area contributed by atoms with Crippen LogP contribution in [0, 0.1) is 13.8 Å². The predicted octanol–water partition coefficient (Wildman–Crippen LogP) is 3.87. The molecule has 4 aromatic rings. The van der Waals surface area contributed by atoms with Crippen LogP contribution in [-0.4, -0.2) is 25.7 Å². The van der Waals surface area contributed by atoms with Gasteiger partial charge in [-0.3, -0.25) is 14.2 Å². The Kier molecular flexibility index (Phi) is 6.05. The van der Waals surface area contributed by atoms with Gasteiger partial charge < -0.3 is 21.3 Å². The fourth-order valence-corrected chi connectivity index (χ4v) is 5.93. The highest BCUT2D eigenvalue weighted by molar-refractivity contribution is 5.99. The second-order valence-corrected chi connectivity index (χ2v) is 10.6. The molecule has 0 fully saturated rings. The first kappa shape index (κ1) is 26.1. The van der Waals surface area contributed by atoms with Gasteiger partial charge in [0.1, 0.15) is 22.9 Å². The van der Waals surface area contributed by atoms with Crippen LogP contribution >= 0.6 is 0 Å². The molecule has 9 heteroatoms. The highest BCUT2D eigenvalue weighted by Crippen LogP contribution is 2.54. The number of primary amides is 1. The fraction of sp³-hybridized carbons (Fsp3) is 0.300. The van der Waals surface area contributed by atoms with Crippen LogP contribution in [0.4, 0.5) is 5.82 Å². The van der Waals surface area contributed by atoms with Crippen molar-refractivity contribution in [1.29, 1.82) is 0 Å². The maximum Gasteiger partial charge on any atom is 0.337 e. The highest BCUT2D eigenvalue weighted by atomic mass is 16.5. The molecule has 3 aromatic carbocycles. The lowest BCUT2D eigenvalue weighted by molar-refractivity contribution is 0.0976. The molecule has 1 atom stereocenters. The van der Waals surface area contributed by atoms with E-state index in [1.165, 1.54) is 9.13 Å². The number of carbonyl (C=O) groups excluding carboxylic acids is 1. The van der Waals surface area contributed by atoms with Crippen LogP contribution in [0.3, 0.4) is 0 Å². The number of carbonyl (C=O) groups is 1. The quantitative estimate of drug-likeness (QED) is 0.359. The second-order valence-electron chi connectivity index (χ2n) is 10.6. The topological polar surface area (TPSA) is 143 Å². The van der Waals surface area contributed by atoms with Gasteiger partial charge in [0, 0.05) is 23.1 Å². The summed E-state index contributed by atoms with van der Waals surface area (Å²) in [5.74, 6) is -1.48. The van der Waals surface area contributed by atoms with Gasteiger partial charge in [-0.1, -0.05) is 43.3 Å². The maximum atomic E-state index is 14.1. The van der Waals surface area contributed by atoms with Gasteiger partial charge in [-0.25, -0.2) is 9.36 Å². The SMILES string of the molecule is CCCn1c(=O)c(C2c3c(C)c(O)c(C)c(C(N)=O)c3OC2(C)C)c(N)n(-c2cccc3ccccc23)c1=O. The average molecular weight is 529 g/mol. The van der Waals surface area contributed by atoms with E-state index in [2.05, 4.69) is 0 Å². The molecule has 5 rings (SSSR count). The number of benzene rings is 3. The van der Waals surface area contributed by atoms with Crippen molar-refractivity contribution in [3.05, 3.63) is 91.1 Å². The van der Waals surface area contributed by atoms with E-state index in [9.17, 15) is 19.5 Å². The van der Waals surface area contributed by atoms with E-state index in [4.69, 9.17) is 16.2 Å². The van der Waals surface area contributed by atoms with Crippen molar-refractivity contribution in [3.63, 3.8) is 0 Å². The zero-order chi connectivity index (χ0) is 28.4. The minimum Gasteiger partial charge on any atom is -0.507 e. The van der Waals surface area contributed by atoms with Crippen molar-refractivity contribution in [2.24, 2.45) is 5.73 Å². The van der Waals surface area contributed by atoms with Gasteiger partial charge >= 0.3 is 5.69 Å². The lowest BCUT2D eigenvalue weighted by Gasteiger charge is -2.29. The summed E-state index contributed by atoms with van der Waals surface area (Å²) >= 11 is 0. The summed E-state index contributed by atoms with van der Waals surface area (Å²) in [6.07, 6.45) is 0.542. The van der Waals surface area contributed by atoms with Crippen molar-refractivity contribution in [2.45, 2.75) is 59.1 Å². The van der Waals surface area contributed by atoms with Gasteiger partial charge in [-0.2, -0.15) is 0 Å². The summed E-state index contributed by atoms with van der Waals surface area (Å²) in [5.41, 5.74) is 12.3. The number of nitrogen functional groups attached to an aromatic ring is 1. The number of hydrogen-bond donors (Lipinski definition) is 3. The summed E-state index contributed by atoms with van der Waals surface area (Å²) in [6, 6.07) is 13.2. The molecule has 5 N–H and O–H groups in total. The average Bonchev–Trinajstić information content (AvgIpc) is 3.15. The van der Waals surface area contributed by atoms with Crippen LogP contribution in [0.5, 0.6) is 11.5 Å². The number of anilines is 1. The zero-order valence-electron chi connectivity index (χ0n) is 22.7. The molecule has 1 aliphatic rings. The highest BCUT2D eigenvalue weighted by Gasteiger charge is 2.49. The van der Waals surface area contributed by atoms with Gasteiger partial charge in [-0.15, -0.1) is 0 Å². The van der Waals surface area contributed by atoms with E-state index in [1.54, 1.807) is 33.8 Å². The molecular formula is C30H32N4O5. The first-order chi connectivity index (χ1) is 18.4. The van der Waals surface area contributed by atoms with Gasteiger partial charge in [0.2, 0.25) is 0 Å². The molecule has 0 saturated carbocycles. The van der Waals surface area contributed by atoms with Gasteiger partial charge in [0.25, 0.3) is 11.5 Å². The Hall–Kier alpha value is -4.53. The number of hydrogen-bond acceptors (Lipinski definition) is 6. The monoisotopic (exact) mass is 528 g/mol. The van der Waals surface area contributed by atoms with E-state index in [0.29, 0.717) is 28.8 Å². The molecule has 39 heavy (non-hydrogen) atoms. The molecule has 1 amide bonds. The number of aromatic hydroxyl groups is 1. The summed E-state index contributed by atoms with van der Waals surface area (Å²) in [6.45, 7) is 8.92.